The fourth-order valence-electron chi connectivity index (χ4n) is 2.89. The molecular formula is C20H22Cl2N4O3. The Balaban J connectivity index is 1.30. The highest BCUT2D eigenvalue weighted by Crippen LogP contribution is 2.27. The average Bonchev–Trinajstić information content (AvgIpc) is 2.70. The van der Waals surface area contributed by atoms with E-state index in [0.717, 1.165) is 17.0 Å². The van der Waals surface area contributed by atoms with E-state index in [1.165, 1.54) is 6.20 Å². The summed E-state index contributed by atoms with van der Waals surface area (Å²) in [5, 5.41) is 9.62. The molecular weight excluding hydrogens is 415 g/mol. The van der Waals surface area contributed by atoms with Crippen LogP contribution < -0.4 is 20.7 Å². The van der Waals surface area contributed by atoms with Gasteiger partial charge in [-0.2, -0.15) is 0 Å². The molecule has 0 radical (unpaired) electrons. The van der Waals surface area contributed by atoms with Crippen LogP contribution in [0, 0.1) is 0 Å². The summed E-state index contributed by atoms with van der Waals surface area (Å²) in [4.78, 5) is 27.4. The number of aryl methyl sites for hydroxylation is 1. The van der Waals surface area contributed by atoms with Crippen LogP contribution >= 0.6 is 23.2 Å². The van der Waals surface area contributed by atoms with Gasteiger partial charge in [-0.15, -0.1) is 0 Å². The summed E-state index contributed by atoms with van der Waals surface area (Å²) in [6.07, 6.45) is 3.70. The van der Waals surface area contributed by atoms with E-state index in [1.54, 1.807) is 6.07 Å². The Hall–Kier alpha value is -2.51. The van der Waals surface area contributed by atoms with Crippen molar-refractivity contribution in [1.29, 1.82) is 0 Å². The van der Waals surface area contributed by atoms with Gasteiger partial charge in [-0.05, 0) is 42.7 Å². The first-order chi connectivity index (χ1) is 14.0. The number of carbonyl (C=O) groups excluding carboxylic acids is 2. The predicted octanol–water partition coefficient (Wildman–Crippen LogP) is 3.66. The summed E-state index contributed by atoms with van der Waals surface area (Å²) in [6, 6.07) is 7.22. The number of hydrogen-bond donors (Lipinski definition) is 3. The molecule has 154 valence electrons. The number of rotatable bonds is 9. The monoisotopic (exact) mass is 436 g/mol. The third kappa shape index (κ3) is 6.51. The topological polar surface area (TPSA) is 92.4 Å². The first-order valence-corrected chi connectivity index (χ1v) is 10.1. The summed E-state index contributed by atoms with van der Waals surface area (Å²) >= 11 is 11.8. The molecule has 1 aromatic heterocycles. The predicted molar refractivity (Wildman–Crippen MR) is 114 cm³/mol. The Morgan fingerprint density at radius 2 is 2.07 bits per heavy atom. The SMILES string of the molecule is O=C(CCCOc1ccc2c(c1)CCC(=O)N2)NCCNc1ncc(Cl)cc1Cl. The van der Waals surface area contributed by atoms with E-state index in [2.05, 4.69) is 20.9 Å². The van der Waals surface area contributed by atoms with Crippen molar-refractivity contribution in [3.05, 3.63) is 46.1 Å². The van der Waals surface area contributed by atoms with Crippen molar-refractivity contribution in [1.82, 2.24) is 10.3 Å². The number of fused-ring (bicyclic) bond motifs is 1. The minimum Gasteiger partial charge on any atom is -0.494 e. The van der Waals surface area contributed by atoms with Crippen molar-refractivity contribution in [3.8, 4) is 5.75 Å². The highest BCUT2D eigenvalue weighted by molar-refractivity contribution is 6.35. The van der Waals surface area contributed by atoms with Crippen LogP contribution in [0.2, 0.25) is 10.0 Å². The zero-order valence-corrected chi connectivity index (χ0v) is 17.3. The van der Waals surface area contributed by atoms with E-state index in [-0.39, 0.29) is 11.8 Å². The summed E-state index contributed by atoms with van der Waals surface area (Å²) < 4.78 is 5.72. The summed E-state index contributed by atoms with van der Waals surface area (Å²) in [6.45, 7) is 1.40. The quantitative estimate of drug-likeness (QED) is 0.521. The number of halogens is 2. The second kappa shape index (κ2) is 10.3. The molecule has 0 saturated heterocycles. The van der Waals surface area contributed by atoms with E-state index in [0.29, 0.717) is 61.2 Å². The van der Waals surface area contributed by atoms with E-state index in [4.69, 9.17) is 27.9 Å². The van der Waals surface area contributed by atoms with Gasteiger partial charge in [0.05, 0.1) is 16.7 Å². The molecule has 0 fully saturated rings. The lowest BCUT2D eigenvalue weighted by molar-refractivity contribution is -0.121. The van der Waals surface area contributed by atoms with Crippen molar-refractivity contribution in [2.45, 2.75) is 25.7 Å². The van der Waals surface area contributed by atoms with E-state index >= 15 is 0 Å². The molecule has 0 bridgehead atoms. The number of aromatic nitrogens is 1. The Morgan fingerprint density at radius 3 is 2.90 bits per heavy atom. The van der Waals surface area contributed by atoms with Crippen LogP contribution in [0.4, 0.5) is 11.5 Å². The lowest BCUT2D eigenvalue weighted by atomic mass is 10.0. The zero-order chi connectivity index (χ0) is 20.6. The maximum atomic E-state index is 11.9. The molecule has 2 amide bonds. The molecule has 7 nitrogen and oxygen atoms in total. The van der Waals surface area contributed by atoms with Crippen LogP contribution in [0.3, 0.4) is 0 Å². The molecule has 1 aliphatic rings. The number of benzene rings is 1. The van der Waals surface area contributed by atoms with Crippen LogP contribution in [0.1, 0.15) is 24.8 Å². The van der Waals surface area contributed by atoms with Gasteiger partial charge >= 0.3 is 0 Å². The lowest BCUT2D eigenvalue weighted by Gasteiger charge is -2.17. The second-order valence-corrected chi connectivity index (χ2v) is 7.42. The number of pyridine rings is 1. The minimum atomic E-state index is -0.0429. The van der Waals surface area contributed by atoms with Gasteiger partial charge in [-0.25, -0.2) is 4.98 Å². The molecule has 2 heterocycles. The maximum Gasteiger partial charge on any atom is 0.224 e. The van der Waals surface area contributed by atoms with Crippen LogP contribution in [0.25, 0.3) is 0 Å². The average molecular weight is 437 g/mol. The van der Waals surface area contributed by atoms with Gasteiger partial charge in [0.2, 0.25) is 11.8 Å². The van der Waals surface area contributed by atoms with Crippen molar-refractivity contribution in [3.63, 3.8) is 0 Å². The molecule has 0 unspecified atom stereocenters. The molecule has 0 spiro atoms. The van der Waals surface area contributed by atoms with Gasteiger partial charge in [0.25, 0.3) is 0 Å². The van der Waals surface area contributed by atoms with Gasteiger partial charge in [0.1, 0.15) is 11.6 Å². The molecule has 9 heteroatoms. The third-order valence-corrected chi connectivity index (χ3v) is 4.83. The molecule has 2 aromatic rings. The fourth-order valence-corrected chi connectivity index (χ4v) is 3.34. The zero-order valence-electron chi connectivity index (χ0n) is 15.8. The smallest absolute Gasteiger partial charge is 0.224 e. The number of nitrogens with zero attached hydrogens (tertiary/aromatic N) is 1. The molecule has 29 heavy (non-hydrogen) atoms. The first kappa shape index (κ1) is 21.2. The van der Waals surface area contributed by atoms with Crippen molar-refractivity contribution >= 4 is 46.5 Å². The largest absolute Gasteiger partial charge is 0.494 e. The third-order valence-electron chi connectivity index (χ3n) is 4.34. The number of amides is 2. The van der Waals surface area contributed by atoms with Gasteiger partial charge in [-0.1, -0.05) is 23.2 Å². The summed E-state index contributed by atoms with van der Waals surface area (Å²) in [5.41, 5.74) is 1.92. The molecule has 0 atom stereocenters. The second-order valence-electron chi connectivity index (χ2n) is 6.58. The minimum absolute atomic E-state index is 0.0416. The van der Waals surface area contributed by atoms with Crippen LogP contribution in [0.5, 0.6) is 5.75 Å². The number of ether oxygens (including phenoxy) is 1. The maximum absolute atomic E-state index is 11.9. The van der Waals surface area contributed by atoms with Crippen molar-refractivity contribution in [2.24, 2.45) is 0 Å². The van der Waals surface area contributed by atoms with Crippen molar-refractivity contribution < 1.29 is 14.3 Å². The Morgan fingerprint density at radius 1 is 1.21 bits per heavy atom. The van der Waals surface area contributed by atoms with E-state index in [1.807, 2.05) is 18.2 Å². The van der Waals surface area contributed by atoms with Gasteiger partial charge in [0.15, 0.2) is 0 Å². The van der Waals surface area contributed by atoms with E-state index < -0.39 is 0 Å². The number of hydrogen-bond acceptors (Lipinski definition) is 5. The van der Waals surface area contributed by atoms with E-state index in [9.17, 15) is 9.59 Å². The van der Waals surface area contributed by atoms with Crippen LogP contribution in [0.15, 0.2) is 30.5 Å². The lowest BCUT2D eigenvalue weighted by Crippen LogP contribution is -2.29. The molecule has 0 aliphatic carbocycles. The number of carbonyl (C=O) groups is 2. The normalized spacial score (nSPS) is 12.7. The Labute approximate surface area is 179 Å². The number of nitrogens with one attached hydrogen (secondary N) is 3. The van der Waals surface area contributed by atoms with Gasteiger partial charge in [-0.3, -0.25) is 9.59 Å². The number of anilines is 2. The first-order valence-electron chi connectivity index (χ1n) is 9.38. The van der Waals surface area contributed by atoms with Crippen LogP contribution in [-0.4, -0.2) is 36.5 Å². The van der Waals surface area contributed by atoms with Crippen LogP contribution in [-0.2, 0) is 16.0 Å². The molecule has 1 aromatic carbocycles. The molecule has 3 rings (SSSR count). The summed E-state index contributed by atoms with van der Waals surface area (Å²) in [7, 11) is 0. The van der Waals surface area contributed by atoms with Crippen molar-refractivity contribution in [2.75, 3.05) is 30.3 Å². The molecule has 1 aliphatic heterocycles. The highest BCUT2D eigenvalue weighted by atomic mass is 35.5. The standard InChI is InChI=1S/C20H22Cl2N4O3/c21-14-11-16(22)20(25-12-14)24-8-7-23-18(27)2-1-9-29-15-4-5-17-13(10-15)3-6-19(28)26-17/h4-5,10-12H,1-3,6-9H2,(H,23,27)(H,24,25)(H,26,28). The summed E-state index contributed by atoms with van der Waals surface area (Å²) in [5.74, 6) is 1.28. The molecule has 0 saturated carbocycles. The Kier molecular flexibility index (Phi) is 7.55. The van der Waals surface area contributed by atoms with Gasteiger partial charge in [0, 0.05) is 37.8 Å². The van der Waals surface area contributed by atoms with Gasteiger partial charge < -0.3 is 20.7 Å². The Bertz CT molecular complexity index is 892. The molecule has 3 N–H and O–H groups in total. The highest BCUT2D eigenvalue weighted by Gasteiger charge is 2.15. The fraction of sp³-hybridized carbons (Fsp3) is 0.350.